The molecule has 0 N–H and O–H groups in total. The van der Waals surface area contributed by atoms with Crippen molar-refractivity contribution in [3.8, 4) is 0 Å². The molecule has 127 valence electrons. The van der Waals surface area contributed by atoms with Gasteiger partial charge in [-0.05, 0) is 0 Å². The Morgan fingerprint density at radius 2 is 0.500 bits per heavy atom. The molecule has 0 fully saturated rings. The van der Waals surface area contributed by atoms with Crippen molar-refractivity contribution in [1.82, 2.24) is 0 Å². The molecule has 4 aromatic rings. The van der Waals surface area contributed by atoms with Crippen LogP contribution < -0.4 is 21.2 Å². The quantitative estimate of drug-likeness (QED) is 0.357. The second kappa shape index (κ2) is 8.55. The summed E-state index contributed by atoms with van der Waals surface area (Å²) in [4.78, 5) is 0. The van der Waals surface area contributed by atoms with E-state index in [1.54, 1.807) is 0 Å². The van der Waals surface area contributed by atoms with E-state index in [-0.39, 0.29) is 19.8 Å². The van der Waals surface area contributed by atoms with Crippen LogP contribution in [0.4, 0.5) is 0 Å². The molecule has 26 heavy (non-hydrogen) atoms. The van der Waals surface area contributed by atoms with Gasteiger partial charge in [-0.25, -0.2) is 0 Å². The van der Waals surface area contributed by atoms with Gasteiger partial charge in [-0.15, -0.1) is 0 Å². The maximum atomic E-state index is 2.29. The van der Waals surface area contributed by atoms with Crippen LogP contribution in [0, 0.1) is 0 Å². The Morgan fingerprint density at radius 3 is 0.692 bits per heavy atom. The van der Waals surface area contributed by atoms with E-state index in [9.17, 15) is 0 Å². The molecule has 0 bridgehead atoms. The summed E-state index contributed by atoms with van der Waals surface area (Å²) in [6.07, 6.45) is 0. The fourth-order valence-corrected chi connectivity index (χ4v) is 8.52. The number of hydrogen-bond acceptors (Lipinski definition) is 0. The van der Waals surface area contributed by atoms with Crippen LogP contribution >= 0.6 is 7.26 Å². The molecule has 0 heterocycles. The average Bonchev–Trinajstić information content (AvgIpc) is 2.72. The Bertz CT molecular complexity index is 759. The first kappa shape index (κ1) is 18.7. The summed E-state index contributed by atoms with van der Waals surface area (Å²) in [6.45, 7) is 0. The summed E-state index contributed by atoms with van der Waals surface area (Å²) in [5.74, 6) is 0. The summed E-state index contributed by atoms with van der Waals surface area (Å²) >= 11 is 0. The fraction of sp³-hybridized carbons (Fsp3) is 0. The second-order valence-electron chi connectivity index (χ2n) is 6.21. The van der Waals surface area contributed by atoms with Gasteiger partial charge in [0.25, 0.3) is 0 Å². The molecule has 4 aromatic carbocycles. The van der Waals surface area contributed by atoms with Gasteiger partial charge in [0.15, 0.2) is 0 Å². The zero-order valence-corrected chi connectivity index (χ0v) is 20.2. The molecule has 0 aromatic heterocycles. The molecule has 2 heteroatoms. The maximum absolute atomic E-state index is 2.30. The molecule has 1 radical (unpaired) electrons. The molecular weight excluding hydrogens is 389 g/mol. The zero-order valence-electron chi connectivity index (χ0n) is 15.0. The Morgan fingerprint density at radius 1 is 0.308 bits per heavy atom. The van der Waals surface area contributed by atoms with E-state index in [1.165, 1.54) is 21.2 Å². The second-order valence-corrected chi connectivity index (χ2v) is 10.0. The predicted octanol–water partition coefficient (Wildman–Crippen LogP) is 3.12. The Labute approximate surface area is 169 Å². The van der Waals surface area contributed by atoms with Crippen LogP contribution in [0.5, 0.6) is 0 Å². The van der Waals surface area contributed by atoms with E-state index < -0.39 is 7.26 Å². The molecular formula is C24H23GaP. The SMILES string of the molecule is [GaH2].c1ccc([PH](c2ccccc2)(c2ccccc2)c2ccccc2)cc1. The Hall–Kier alpha value is -2.05. The summed E-state index contributed by atoms with van der Waals surface area (Å²) in [6, 6.07) is 44.0. The van der Waals surface area contributed by atoms with Crippen LogP contribution in [0.3, 0.4) is 0 Å². The molecule has 0 saturated heterocycles. The third-order valence-electron chi connectivity index (χ3n) is 4.83. The summed E-state index contributed by atoms with van der Waals surface area (Å²) in [5, 5.41) is 5.66. The zero-order chi connectivity index (χ0) is 17.0. The molecule has 4 rings (SSSR count). The number of rotatable bonds is 4. The van der Waals surface area contributed by atoms with Crippen molar-refractivity contribution in [3.63, 3.8) is 0 Å². The van der Waals surface area contributed by atoms with Crippen molar-refractivity contribution in [2.45, 2.75) is 0 Å². The van der Waals surface area contributed by atoms with Crippen molar-refractivity contribution >= 4 is 48.3 Å². The van der Waals surface area contributed by atoms with Gasteiger partial charge in [-0.3, -0.25) is 0 Å². The molecule has 0 spiro atoms. The van der Waals surface area contributed by atoms with Crippen molar-refractivity contribution < 1.29 is 0 Å². The van der Waals surface area contributed by atoms with Crippen LogP contribution in [-0.2, 0) is 0 Å². The van der Waals surface area contributed by atoms with Crippen molar-refractivity contribution in [3.05, 3.63) is 121 Å². The summed E-state index contributed by atoms with van der Waals surface area (Å²) in [7, 11) is -2.30. The third-order valence-corrected chi connectivity index (χ3v) is 9.62. The molecule has 0 amide bonds. The van der Waals surface area contributed by atoms with E-state index >= 15 is 0 Å². The van der Waals surface area contributed by atoms with E-state index in [4.69, 9.17) is 0 Å². The first-order chi connectivity index (χ1) is 12.4. The molecule has 0 atom stereocenters. The van der Waals surface area contributed by atoms with Gasteiger partial charge >= 0.3 is 170 Å². The van der Waals surface area contributed by atoms with Crippen LogP contribution in [0.25, 0.3) is 0 Å². The number of benzene rings is 4. The molecule has 0 nitrogen and oxygen atoms in total. The van der Waals surface area contributed by atoms with Gasteiger partial charge in [0.1, 0.15) is 0 Å². The van der Waals surface area contributed by atoms with E-state index in [0.717, 1.165) is 0 Å². The van der Waals surface area contributed by atoms with Crippen molar-refractivity contribution in [1.29, 1.82) is 0 Å². The van der Waals surface area contributed by atoms with Crippen molar-refractivity contribution in [2.24, 2.45) is 0 Å². The van der Waals surface area contributed by atoms with Gasteiger partial charge < -0.3 is 0 Å². The first-order valence-corrected chi connectivity index (χ1v) is 10.6. The minimum atomic E-state index is -2.30. The van der Waals surface area contributed by atoms with E-state index in [0.29, 0.717) is 0 Å². The third kappa shape index (κ3) is 3.31. The van der Waals surface area contributed by atoms with Crippen LogP contribution in [0.1, 0.15) is 0 Å². The Kier molecular flexibility index (Phi) is 6.16. The van der Waals surface area contributed by atoms with Gasteiger partial charge in [0, 0.05) is 0 Å². The van der Waals surface area contributed by atoms with Crippen LogP contribution in [0.2, 0.25) is 0 Å². The fourth-order valence-electron chi connectivity index (χ4n) is 3.75. The molecule has 0 unspecified atom stereocenters. The van der Waals surface area contributed by atoms with Gasteiger partial charge in [-0.2, -0.15) is 0 Å². The molecule has 0 aliphatic rings. The number of hydrogen-bond donors (Lipinski definition) is 0. The van der Waals surface area contributed by atoms with Crippen molar-refractivity contribution in [2.75, 3.05) is 0 Å². The van der Waals surface area contributed by atoms with Gasteiger partial charge in [0.05, 0.1) is 0 Å². The van der Waals surface area contributed by atoms with Crippen LogP contribution in [-0.4, -0.2) is 19.8 Å². The Balaban J connectivity index is 0.00000196. The topological polar surface area (TPSA) is 0 Å². The predicted molar refractivity (Wildman–Crippen MR) is 121 cm³/mol. The average molecular weight is 412 g/mol. The van der Waals surface area contributed by atoms with Gasteiger partial charge in [-0.1, -0.05) is 0 Å². The monoisotopic (exact) mass is 411 g/mol. The molecule has 0 aliphatic heterocycles. The summed E-state index contributed by atoms with van der Waals surface area (Å²) < 4.78 is 0. The molecule has 0 aliphatic carbocycles. The van der Waals surface area contributed by atoms with Crippen LogP contribution in [0.15, 0.2) is 121 Å². The van der Waals surface area contributed by atoms with Gasteiger partial charge in [0.2, 0.25) is 0 Å². The standard InChI is InChI=1S/C24H21P.Ga.2H/c1-5-13-21(14-6-1)25(22-15-7-2-8-16-22,23-17-9-3-10-18-23)24-19-11-4-12-20-24;;;/h1-20,25H;;;. The summed E-state index contributed by atoms with van der Waals surface area (Å²) in [5.41, 5.74) is 0. The normalized spacial score (nSPS) is 11.4. The van der Waals surface area contributed by atoms with E-state index in [1.807, 2.05) is 0 Å². The minimum absolute atomic E-state index is 0. The first-order valence-electron chi connectivity index (χ1n) is 8.64. The molecule has 0 saturated carbocycles. The van der Waals surface area contributed by atoms with E-state index in [2.05, 4.69) is 121 Å².